The summed E-state index contributed by atoms with van der Waals surface area (Å²) in [5, 5.41) is 24.2. The van der Waals surface area contributed by atoms with Crippen LogP contribution < -0.4 is 5.73 Å². The van der Waals surface area contributed by atoms with Gasteiger partial charge in [0.2, 0.25) is 0 Å². The van der Waals surface area contributed by atoms with Gasteiger partial charge >= 0.3 is 11.9 Å². The number of aromatic carboxylic acids is 2. The second-order valence-corrected chi connectivity index (χ2v) is 2.28. The van der Waals surface area contributed by atoms with Crippen molar-refractivity contribution in [1.29, 1.82) is 5.26 Å². The summed E-state index contributed by atoms with van der Waals surface area (Å²) < 4.78 is 0. The molecular formula is C9H8N2O4. The predicted octanol–water partition coefficient (Wildman–Crippen LogP) is 0.509. The summed E-state index contributed by atoms with van der Waals surface area (Å²) in [6.45, 7) is 0. The van der Waals surface area contributed by atoms with Crippen LogP contribution in [0.5, 0.6) is 0 Å². The van der Waals surface area contributed by atoms with Crippen LogP contribution in [0.4, 0.5) is 0 Å². The molecule has 15 heavy (non-hydrogen) atoms. The molecule has 4 N–H and O–H groups in total. The van der Waals surface area contributed by atoms with Crippen molar-refractivity contribution in [3.05, 3.63) is 35.4 Å². The van der Waals surface area contributed by atoms with Crippen molar-refractivity contribution < 1.29 is 19.8 Å². The minimum atomic E-state index is -1.23. The van der Waals surface area contributed by atoms with Gasteiger partial charge in [-0.15, -0.1) is 0 Å². The minimum Gasteiger partial charge on any atom is -0.478 e. The summed E-state index contributed by atoms with van der Waals surface area (Å²) >= 11 is 0. The largest absolute Gasteiger partial charge is 0.478 e. The molecule has 0 bridgehead atoms. The minimum absolute atomic E-state index is 0.190. The zero-order chi connectivity index (χ0) is 11.8. The van der Waals surface area contributed by atoms with Gasteiger partial charge in [-0.1, -0.05) is 12.1 Å². The van der Waals surface area contributed by atoms with Gasteiger partial charge in [0.1, 0.15) is 0 Å². The van der Waals surface area contributed by atoms with E-state index in [-0.39, 0.29) is 11.1 Å². The third-order valence-corrected chi connectivity index (χ3v) is 1.39. The molecule has 0 atom stereocenters. The lowest BCUT2D eigenvalue weighted by molar-refractivity contribution is 0.0651. The maximum Gasteiger partial charge on any atom is 0.336 e. The van der Waals surface area contributed by atoms with Crippen molar-refractivity contribution in [2.45, 2.75) is 0 Å². The number of nitriles is 1. The molecule has 0 radical (unpaired) electrons. The molecule has 0 aliphatic carbocycles. The lowest BCUT2D eigenvalue weighted by Gasteiger charge is -1.98. The van der Waals surface area contributed by atoms with E-state index in [1.165, 1.54) is 30.5 Å². The van der Waals surface area contributed by atoms with Crippen LogP contribution in [0.25, 0.3) is 0 Å². The summed E-state index contributed by atoms with van der Waals surface area (Å²) in [7, 11) is 0. The first kappa shape index (κ1) is 12.4. The number of carbonyl (C=O) groups is 2. The molecule has 0 aromatic heterocycles. The number of nitrogens with zero attached hydrogens (tertiary/aromatic N) is 1. The fourth-order valence-electron chi connectivity index (χ4n) is 0.856. The standard InChI is InChI=1S/C8H6O4.CH2N2/c9-7(10)5-3-1-2-4-6(5)8(11)12;2-1-3/h1-4H,(H,9,10)(H,11,12);2H2. The van der Waals surface area contributed by atoms with Crippen molar-refractivity contribution in [1.82, 2.24) is 0 Å². The average molecular weight is 208 g/mol. The van der Waals surface area contributed by atoms with E-state index in [0.717, 1.165) is 0 Å². The molecule has 78 valence electrons. The molecule has 6 heteroatoms. The first-order valence-corrected chi connectivity index (χ1v) is 3.70. The van der Waals surface area contributed by atoms with Gasteiger partial charge in [-0.25, -0.2) is 9.59 Å². The van der Waals surface area contributed by atoms with E-state index in [0.29, 0.717) is 0 Å². The van der Waals surface area contributed by atoms with E-state index >= 15 is 0 Å². The van der Waals surface area contributed by atoms with Crippen molar-refractivity contribution >= 4 is 11.9 Å². The monoisotopic (exact) mass is 208 g/mol. The van der Waals surface area contributed by atoms with Crippen LogP contribution in [0.3, 0.4) is 0 Å². The normalized spacial score (nSPS) is 7.93. The fourth-order valence-corrected chi connectivity index (χ4v) is 0.856. The molecule has 0 aliphatic rings. The lowest BCUT2D eigenvalue weighted by atomic mass is 10.1. The molecule has 0 amide bonds. The highest BCUT2D eigenvalue weighted by molar-refractivity contribution is 6.01. The van der Waals surface area contributed by atoms with Crippen molar-refractivity contribution in [3.63, 3.8) is 0 Å². The Balaban J connectivity index is 0.000000583. The molecule has 0 spiro atoms. The van der Waals surface area contributed by atoms with E-state index in [1.807, 2.05) is 0 Å². The third kappa shape index (κ3) is 3.78. The van der Waals surface area contributed by atoms with Crippen molar-refractivity contribution in [2.75, 3.05) is 0 Å². The Labute approximate surface area is 85.2 Å². The van der Waals surface area contributed by atoms with E-state index in [9.17, 15) is 9.59 Å². The van der Waals surface area contributed by atoms with Crippen LogP contribution in [-0.4, -0.2) is 22.2 Å². The number of hydrogen-bond acceptors (Lipinski definition) is 4. The zero-order valence-electron chi connectivity index (χ0n) is 7.54. The van der Waals surface area contributed by atoms with Crippen molar-refractivity contribution in [2.24, 2.45) is 5.73 Å². The van der Waals surface area contributed by atoms with Gasteiger partial charge in [-0.2, -0.15) is 5.26 Å². The van der Waals surface area contributed by atoms with Gasteiger partial charge in [0.05, 0.1) is 11.1 Å². The highest BCUT2D eigenvalue weighted by Crippen LogP contribution is 2.07. The Bertz CT molecular complexity index is 376. The Morgan fingerprint density at radius 3 is 1.60 bits per heavy atom. The van der Waals surface area contributed by atoms with Crippen LogP contribution in [-0.2, 0) is 0 Å². The average Bonchev–Trinajstić information content (AvgIpc) is 2.19. The van der Waals surface area contributed by atoms with Gasteiger partial charge in [-0.3, -0.25) is 0 Å². The predicted molar refractivity (Wildman–Crippen MR) is 50.2 cm³/mol. The van der Waals surface area contributed by atoms with E-state index in [4.69, 9.17) is 15.5 Å². The SMILES string of the molecule is N#CN.O=C(O)c1ccccc1C(=O)O. The highest BCUT2D eigenvalue weighted by Gasteiger charge is 2.13. The number of carboxylic acids is 2. The Morgan fingerprint density at radius 1 is 1.13 bits per heavy atom. The van der Waals surface area contributed by atoms with Gasteiger partial charge in [-0.05, 0) is 12.1 Å². The number of hydrogen-bond donors (Lipinski definition) is 3. The number of nitrogens with two attached hydrogens (primary N) is 1. The van der Waals surface area contributed by atoms with Crippen LogP contribution in [0.2, 0.25) is 0 Å². The molecule has 0 saturated carbocycles. The van der Waals surface area contributed by atoms with Crippen LogP contribution in [0, 0.1) is 11.5 Å². The second kappa shape index (κ2) is 5.99. The van der Waals surface area contributed by atoms with Crippen LogP contribution in [0.1, 0.15) is 20.7 Å². The molecule has 0 unspecified atom stereocenters. The Hall–Kier alpha value is -2.55. The number of rotatable bonds is 2. The van der Waals surface area contributed by atoms with E-state index in [2.05, 4.69) is 5.73 Å². The topological polar surface area (TPSA) is 124 Å². The quantitative estimate of drug-likeness (QED) is 0.480. The summed E-state index contributed by atoms with van der Waals surface area (Å²) in [4.78, 5) is 20.9. The highest BCUT2D eigenvalue weighted by atomic mass is 16.4. The first-order chi connectivity index (χ1) is 7.04. The molecule has 1 aromatic rings. The van der Waals surface area contributed by atoms with Crippen LogP contribution >= 0.6 is 0 Å². The van der Waals surface area contributed by atoms with E-state index in [1.54, 1.807) is 0 Å². The summed E-state index contributed by atoms with van der Waals surface area (Å²) in [6, 6.07) is 5.48. The summed E-state index contributed by atoms with van der Waals surface area (Å²) in [6.07, 6.45) is 1.25. The fraction of sp³-hybridized carbons (Fsp3) is 0. The second-order valence-electron chi connectivity index (χ2n) is 2.28. The van der Waals surface area contributed by atoms with E-state index < -0.39 is 11.9 Å². The van der Waals surface area contributed by atoms with Crippen LogP contribution in [0.15, 0.2) is 24.3 Å². The summed E-state index contributed by atoms with van der Waals surface area (Å²) in [5.74, 6) is -2.46. The number of carboxylic acid groups (broad SMARTS) is 2. The number of benzene rings is 1. The maximum atomic E-state index is 10.5. The summed E-state index contributed by atoms with van der Waals surface area (Å²) in [5.41, 5.74) is 3.77. The molecule has 1 aromatic carbocycles. The van der Waals surface area contributed by atoms with Gasteiger partial charge in [0, 0.05) is 0 Å². The molecule has 1 rings (SSSR count). The Kier molecular flexibility index (Phi) is 4.97. The first-order valence-electron chi connectivity index (χ1n) is 3.70. The molecule has 0 heterocycles. The van der Waals surface area contributed by atoms with Crippen molar-refractivity contribution in [3.8, 4) is 6.19 Å². The Morgan fingerprint density at radius 2 is 1.40 bits per heavy atom. The lowest BCUT2D eigenvalue weighted by Crippen LogP contribution is -2.06. The molecule has 0 saturated heterocycles. The molecule has 6 nitrogen and oxygen atoms in total. The van der Waals surface area contributed by atoms with Gasteiger partial charge in [0.25, 0.3) is 0 Å². The molecular weight excluding hydrogens is 200 g/mol. The maximum absolute atomic E-state index is 10.5. The smallest absolute Gasteiger partial charge is 0.336 e. The third-order valence-electron chi connectivity index (χ3n) is 1.39. The van der Waals surface area contributed by atoms with Gasteiger partial charge < -0.3 is 15.9 Å². The van der Waals surface area contributed by atoms with Gasteiger partial charge in [0.15, 0.2) is 6.19 Å². The zero-order valence-corrected chi connectivity index (χ0v) is 7.54. The molecule has 0 fully saturated rings. The molecule has 0 aliphatic heterocycles.